The third-order valence-electron chi connectivity index (χ3n) is 6.20. The fourth-order valence-corrected chi connectivity index (χ4v) is 4.46. The molecule has 0 spiro atoms. The van der Waals surface area contributed by atoms with E-state index in [1.807, 2.05) is 91.0 Å². The summed E-state index contributed by atoms with van der Waals surface area (Å²) in [5.41, 5.74) is 4.66. The summed E-state index contributed by atoms with van der Waals surface area (Å²) in [6.45, 7) is 0.327. The highest BCUT2D eigenvalue weighted by Crippen LogP contribution is 2.41. The molecule has 1 fully saturated rings. The zero-order valence-corrected chi connectivity index (χ0v) is 21.3. The van der Waals surface area contributed by atoms with Crippen LogP contribution < -0.4 is 4.74 Å². The Balaban J connectivity index is 1.49. The SMILES string of the molecule is O/N=C1C(=C\c2ccccn2)\OC\1=C(\c1ccccc1OCc1ccc(Cl)cc1)c1ncnc2ccccc12. The Hall–Kier alpha value is -5.01. The molecule has 39 heavy (non-hydrogen) atoms. The molecule has 0 unspecified atom stereocenters. The van der Waals surface area contributed by atoms with Crippen molar-refractivity contribution in [2.24, 2.45) is 5.16 Å². The standard InChI is InChI=1S/C31H21ClN4O3/c32-21-14-12-20(13-15-21)18-38-26-11-4-2-9-24(26)28(29-23-8-1-3-10-25(23)34-19-35-29)31-30(36-37)27(39-31)17-22-7-5-6-16-33-22/h1-17,19,37H,18H2/b27-17-,31-28-,36-30+. The highest BCUT2D eigenvalue weighted by molar-refractivity contribution is 6.30. The van der Waals surface area contributed by atoms with Gasteiger partial charge in [-0.2, -0.15) is 0 Å². The van der Waals surface area contributed by atoms with Crippen molar-refractivity contribution < 1.29 is 14.7 Å². The Bertz CT molecular complexity index is 1740. The molecule has 0 radical (unpaired) electrons. The number of halogens is 1. The average Bonchev–Trinajstić information content (AvgIpc) is 2.97. The number of pyridine rings is 1. The lowest BCUT2D eigenvalue weighted by atomic mass is 9.93. The molecule has 0 aliphatic carbocycles. The normalized spacial score (nSPS) is 16.1. The van der Waals surface area contributed by atoms with E-state index in [0.29, 0.717) is 45.9 Å². The van der Waals surface area contributed by atoms with E-state index in [1.165, 1.54) is 6.33 Å². The number of benzene rings is 3. The monoisotopic (exact) mass is 532 g/mol. The van der Waals surface area contributed by atoms with Crippen LogP contribution in [0.2, 0.25) is 5.02 Å². The summed E-state index contributed by atoms with van der Waals surface area (Å²) in [4.78, 5) is 13.4. The van der Waals surface area contributed by atoms with Gasteiger partial charge in [-0.25, -0.2) is 9.97 Å². The first kappa shape index (κ1) is 24.3. The van der Waals surface area contributed by atoms with Gasteiger partial charge in [0.05, 0.1) is 22.5 Å². The molecule has 0 saturated carbocycles. The fraction of sp³-hybridized carbons (Fsp3) is 0.0323. The predicted octanol–water partition coefficient (Wildman–Crippen LogP) is 6.92. The smallest absolute Gasteiger partial charge is 0.188 e. The maximum Gasteiger partial charge on any atom is 0.188 e. The van der Waals surface area contributed by atoms with Crippen LogP contribution in [-0.4, -0.2) is 25.9 Å². The molecule has 7 nitrogen and oxygen atoms in total. The lowest BCUT2D eigenvalue weighted by Crippen LogP contribution is -2.25. The van der Waals surface area contributed by atoms with Crippen molar-refractivity contribution in [2.75, 3.05) is 0 Å². The minimum absolute atomic E-state index is 0.283. The van der Waals surface area contributed by atoms with E-state index in [4.69, 9.17) is 21.1 Å². The Labute approximate surface area is 229 Å². The lowest BCUT2D eigenvalue weighted by molar-refractivity contribution is 0.276. The molecule has 3 aromatic carbocycles. The van der Waals surface area contributed by atoms with E-state index in [0.717, 1.165) is 22.0 Å². The van der Waals surface area contributed by atoms with E-state index in [9.17, 15) is 5.21 Å². The van der Waals surface area contributed by atoms with Gasteiger partial charge in [-0.3, -0.25) is 4.98 Å². The van der Waals surface area contributed by atoms with Gasteiger partial charge in [0, 0.05) is 28.2 Å². The molecule has 1 N–H and O–H groups in total. The fourth-order valence-electron chi connectivity index (χ4n) is 4.33. The summed E-state index contributed by atoms with van der Waals surface area (Å²) in [6.07, 6.45) is 4.91. The van der Waals surface area contributed by atoms with Crippen LogP contribution in [0.5, 0.6) is 5.75 Å². The van der Waals surface area contributed by atoms with Gasteiger partial charge in [0.1, 0.15) is 18.7 Å². The first-order valence-corrected chi connectivity index (χ1v) is 12.5. The second kappa shape index (κ2) is 10.8. The zero-order valence-electron chi connectivity index (χ0n) is 20.5. The molecule has 1 aliphatic heterocycles. The number of nitrogens with zero attached hydrogens (tertiary/aromatic N) is 4. The third-order valence-corrected chi connectivity index (χ3v) is 6.45. The lowest BCUT2D eigenvalue weighted by Gasteiger charge is -2.28. The topological polar surface area (TPSA) is 89.7 Å². The van der Waals surface area contributed by atoms with Crippen LogP contribution in [0.25, 0.3) is 22.6 Å². The summed E-state index contributed by atoms with van der Waals surface area (Å²) in [5, 5.41) is 15.1. The van der Waals surface area contributed by atoms with Gasteiger partial charge in [0.2, 0.25) is 0 Å². The summed E-state index contributed by atoms with van der Waals surface area (Å²) >= 11 is 6.05. The predicted molar refractivity (Wildman–Crippen MR) is 150 cm³/mol. The van der Waals surface area contributed by atoms with Crippen LogP contribution in [0.4, 0.5) is 0 Å². The molecule has 1 saturated heterocycles. The Morgan fingerprint density at radius 3 is 2.51 bits per heavy atom. The van der Waals surface area contributed by atoms with Crippen LogP contribution in [0.3, 0.4) is 0 Å². The van der Waals surface area contributed by atoms with Crippen molar-refractivity contribution in [3.63, 3.8) is 0 Å². The van der Waals surface area contributed by atoms with Crippen molar-refractivity contribution >= 4 is 39.9 Å². The molecule has 2 aromatic heterocycles. The molecule has 8 heteroatoms. The summed E-state index contributed by atoms with van der Waals surface area (Å²) in [6, 6.07) is 28.4. The van der Waals surface area contributed by atoms with Gasteiger partial charge in [-0.05, 0) is 42.0 Å². The van der Waals surface area contributed by atoms with Gasteiger partial charge in [-0.1, -0.05) is 71.4 Å². The number of para-hydroxylation sites is 2. The van der Waals surface area contributed by atoms with Crippen LogP contribution >= 0.6 is 11.6 Å². The minimum Gasteiger partial charge on any atom is -0.488 e. The molecule has 0 bridgehead atoms. The van der Waals surface area contributed by atoms with Crippen molar-refractivity contribution in [3.8, 4) is 5.75 Å². The molecule has 190 valence electrons. The number of aromatic nitrogens is 3. The number of rotatable bonds is 6. The average molecular weight is 533 g/mol. The van der Waals surface area contributed by atoms with Gasteiger partial charge in [0.15, 0.2) is 17.2 Å². The number of hydrogen-bond acceptors (Lipinski definition) is 7. The summed E-state index contributed by atoms with van der Waals surface area (Å²) < 4.78 is 12.5. The van der Waals surface area contributed by atoms with Crippen LogP contribution in [-0.2, 0) is 11.3 Å². The number of hydrogen-bond donors (Lipinski definition) is 1. The second-order valence-corrected chi connectivity index (χ2v) is 9.11. The third kappa shape index (κ3) is 4.95. The van der Waals surface area contributed by atoms with Crippen LogP contribution in [0.15, 0.2) is 120 Å². The van der Waals surface area contributed by atoms with Gasteiger partial charge >= 0.3 is 0 Å². The van der Waals surface area contributed by atoms with E-state index in [-0.39, 0.29) is 5.71 Å². The molecule has 6 rings (SSSR count). The molecule has 5 aromatic rings. The number of fused-ring (bicyclic) bond motifs is 1. The first-order valence-electron chi connectivity index (χ1n) is 12.2. The quantitative estimate of drug-likeness (QED) is 0.189. The summed E-state index contributed by atoms with van der Waals surface area (Å²) in [5.74, 6) is 1.37. The Kier molecular flexibility index (Phi) is 6.72. The maximum atomic E-state index is 10.0. The summed E-state index contributed by atoms with van der Waals surface area (Å²) in [7, 11) is 0. The highest BCUT2D eigenvalue weighted by Gasteiger charge is 2.35. The van der Waals surface area contributed by atoms with E-state index >= 15 is 0 Å². The molecular formula is C31H21ClN4O3. The van der Waals surface area contributed by atoms with Crippen molar-refractivity contribution in [2.45, 2.75) is 6.61 Å². The van der Waals surface area contributed by atoms with Gasteiger partial charge in [0.25, 0.3) is 0 Å². The first-order chi connectivity index (χ1) is 19.2. The van der Waals surface area contributed by atoms with Crippen molar-refractivity contribution in [1.82, 2.24) is 15.0 Å². The molecule has 0 atom stereocenters. The number of ether oxygens (including phenoxy) is 2. The molecule has 3 heterocycles. The molecule has 0 amide bonds. The molecule has 1 aliphatic rings. The van der Waals surface area contributed by atoms with Gasteiger partial charge in [-0.15, -0.1) is 0 Å². The van der Waals surface area contributed by atoms with E-state index < -0.39 is 0 Å². The van der Waals surface area contributed by atoms with Gasteiger partial charge < -0.3 is 14.7 Å². The Morgan fingerprint density at radius 1 is 0.897 bits per heavy atom. The van der Waals surface area contributed by atoms with Crippen LogP contribution in [0, 0.1) is 0 Å². The maximum absolute atomic E-state index is 10.0. The van der Waals surface area contributed by atoms with E-state index in [1.54, 1.807) is 12.3 Å². The minimum atomic E-state index is 0.283. The second-order valence-electron chi connectivity index (χ2n) is 8.67. The van der Waals surface area contributed by atoms with Crippen LogP contribution in [0.1, 0.15) is 22.5 Å². The Morgan fingerprint density at radius 2 is 1.69 bits per heavy atom. The number of oxime groups is 1. The highest BCUT2D eigenvalue weighted by atomic mass is 35.5. The molecular weight excluding hydrogens is 512 g/mol. The zero-order chi connectivity index (χ0) is 26.6. The van der Waals surface area contributed by atoms with Crippen molar-refractivity contribution in [1.29, 1.82) is 0 Å². The van der Waals surface area contributed by atoms with Crippen molar-refractivity contribution in [3.05, 3.63) is 143 Å². The van der Waals surface area contributed by atoms with E-state index in [2.05, 4.69) is 20.1 Å². The largest absolute Gasteiger partial charge is 0.488 e.